The van der Waals surface area contributed by atoms with Crippen molar-refractivity contribution in [1.29, 1.82) is 5.26 Å². The van der Waals surface area contributed by atoms with Crippen molar-refractivity contribution < 1.29 is 14.3 Å². The highest BCUT2D eigenvalue weighted by atomic mass is 16.5. The molecular weight excluding hydrogens is 304 g/mol. The molecule has 0 saturated carbocycles. The average molecular weight is 322 g/mol. The summed E-state index contributed by atoms with van der Waals surface area (Å²) in [6.45, 7) is 7.74. The lowest BCUT2D eigenvalue weighted by Crippen LogP contribution is -2.15. The molecule has 122 valence electrons. The van der Waals surface area contributed by atoms with Crippen LogP contribution in [0.25, 0.3) is 0 Å². The van der Waals surface area contributed by atoms with Crippen LogP contribution in [0.3, 0.4) is 0 Å². The van der Waals surface area contributed by atoms with Crippen molar-refractivity contribution in [2.24, 2.45) is 0 Å². The van der Waals surface area contributed by atoms with E-state index in [1.54, 1.807) is 30.3 Å². The van der Waals surface area contributed by atoms with Gasteiger partial charge in [-0.1, -0.05) is 12.1 Å². The summed E-state index contributed by atoms with van der Waals surface area (Å²) in [4.78, 5) is 24.3. The molecule has 1 aromatic heterocycles. The standard InChI is InChI=1S/C19H18N2O3/c1-4-8-21-13(2)9-17(14(21)3)18(22)12-24-19(23)16-7-5-6-15(10-16)11-20/h4-7,9-10H,1,8,12H2,2-3H3. The number of allylic oxidation sites excluding steroid dienone is 1. The van der Waals surface area contributed by atoms with E-state index in [4.69, 9.17) is 10.00 Å². The number of rotatable bonds is 6. The van der Waals surface area contributed by atoms with E-state index in [2.05, 4.69) is 6.58 Å². The Bertz CT molecular complexity index is 841. The molecule has 0 radical (unpaired) electrons. The van der Waals surface area contributed by atoms with Crippen molar-refractivity contribution in [1.82, 2.24) is 4.57 Å². The van der Waals surface area contributed by atoms with Crippen molar-refractivity contribution in [3.8, 4) is 6.07 Å². The fraction of sp³-hybridized carbons (Fsp3) is 0.211. The number of ketones is 1. The van der Waals surface area contributed by atoms with Crippen LogP contribution < -0.4 is 0 Å². The number of carbonyl (C=O) groups is 2. The Kier molecular flexibility index (Phi) is 5.33. The molecule has 0 aliphatic carbocycles. The number of aryl methyl sites for hydroxylation is 1. The van der Waals surface area contributed by atoms with Crippen LogP contribution in [0.1, 0.15) is 37.7 Å². The largest absolute Gasteiger partial charge is 0.454 e. The number of ether oxygens (including phenoxy) is 1. The Balaban J connectivity index is 2.08. The zero-order valence-corrected chi connectivity index (χ0v) is 13.7. The second kappa shape index (κ2) is 7.42. The van der Waals surface area contributed by atoms with E-state index in [9.17, 15) is 9.59 Å². The molecular formula is C19H18N2O3. The van der Waals surface area contributed by atoms with Crippen LogP contribution in [0.15, 0.2) is 43.0 Å². The minimum absolute atomic E-state index is 0.249. The quantitative estimate of drug-likeness (QED) is 0.465. The lowest BCUT2D eigenvalue weighted by atomic mass is 10.1. The molecule has 0 N–H and O–H groups in total. The summed E-state index contributed by atoms with van der Waals surface area (Å²) >= 11 is 0. The molecule has 0 aliphatic rings. The van der Waals surface area contributed by atoms with Crippen LogP contribution in [0, 0.1) is 25.2 Å². The van der Waals surface area contributed by atoms with Crippen LogP contribution in [0.5, 0.6) is 0 Å². The molecule has 0 unspecified atom stereocenters. The molecule has 24 heavy (non-hydrogen) atoms. The highest BCUT2D eigenvalue weighted by Crippen LogP contribution is 2.16. The number of hydrogen-bond acceptors (Lipinski definition) is 4. The lowest BCUT2D eigenvalue weighted by Gasteiger charge is -2.07. The smallest absolute Gasteiger partial charge is 0.338 e. The SMILES string of the molecule is C=CCn1c(C)cc(C(=O)COC(=O)c2cccc(C#N)c2)c1C. The van der Waals surface area contributed by atoms with Gasteiger partial charge in [-0.15, -0.1) is 6.58 Å². The van der Waals surface area contributed by atoms with Crippen molar-refractivity contribution >= 4 is 11.8 Å². The Hall–Kier alpha value is -3.13. The van der Waals surface area contributed by atoms with Gasteiger partial charge < -0.3 is 9.30 Å². The van der Waals surface area contributed by atoms with E-state index in [1.165, 1.54) is 6.07 Å². The maximum Gasteiger partial charge on any atom is 0.338 e. The predicted octanol–water partition coefficient (Wildman–Crippen LogP) is 3.20. The van der Waals surface area contributed by atoms with Gasteiger partial charge in [-0.2, -0.15) is 5.26 Å². The molecule has 0 bridgehead atoms. The summed E-state index contributed by atoms with van der Waals surface area (Å²) in [6.07, 6.45) is 1.76. The highest BCUT2D eigenvalue weighted by Gasteiger charge is 2.17. The number of Topliss-reactive ketones (excluding diaryl/α,β-unsaturated/α-hetero) is 1. The number of aromatic nitrogens is 1. The van der Waals surface area contributed by atoms with Gasteiger partial charge in [0.2, 0.25) is 5.78 Å². The molecule has 1 aromatic carbocycles. The van der Waals surface area contributed by atoms with Gasteiger partial charge >= 0.3 is 5.97 Å². The third-order valence-corrected chi connectivity index (χ3v) is 3.75. The van der Waals surface area contributed by atoms with E-state index >= 15 is 0 Å². The molecule has 2 rings (SSSR count). The van der Waals surface area contributed by atoms with Gasteiger partial charge in [0.25, 0.3) is 0 Å². The first-order valence-corrected chi connectivity index (χ1v) is 7.46. The molecule has 0 fully saturated rings. The van der Waals surface area contributed by atoms with E-state index in [0.29, 0.717) is 17.7 Å². The van der Waals surface area contributed by atoms with E-state index in [1.807, 2.05) is 24.5 Å². The fourth-order valence-electron chi connectivity index (χ4n) is 2.50. The van der Waals surface area contributed by atoms with Crippen LogP contribution in [0.2, 0.25) is 0 Å². The van der Waals surface area contributed by atoms with Gasteiger partial charge in [-0.3, -0.25) is 4.79 Å². The number of esters is 1. The van der Waals surface area contributed by atoms with Crippen LogP contribution in [0.4, 0.5) is 0 Å². The molecule has 2 aromatic rings. The number of benzene rings is 1. The van der Waals surface area contributed by atoms with E-state index < -0.39 is 5.97 Å². The van der Waals surface area contributed by atoms with Crippen molar-refractivity contribution in [2.75, 3.05) is 6.61 Å². The Morgan fingerprint density at radius 2 is 2.08 bits per heavy atom. The molecule has 0 saturated heterocycles. The minimum atomic E-state index is -0.625. The third-order valence-electron chi connectivity index (χ3n) is 3.75. The van der Waals surface area contributed by atoms with Gasteiger partial charge in [-0.25, -0.2) is 4.79 Å². The molecule has 0 atom stereocenters. The van der Waals surface area contributed by atoms with Gasteiger partial charge in [-0.05, 0) is 38.1 Å². The van der Waals surface area contributed by atoms with E-state index in [-0.39, 0.29) is 18.0 Å². The van der Waals surface area contributed by atoms with Gasteiger partial charge in [0, 0.05) is 23.5 Å². The second-order valence-corrected chi connectivity index (χ2v) is 5.38. The Labute approximate surface area is 140 Å². The second-order valence-electron chi connectivity index (χ2n) is 5.38. The van der Waals surface area contributed by atoms with Crippen LogP contribution in [-0.4, -0.2) is 22.9 Å². The summed E-state index contributed by atoms with van der Waals surface area (Å²) in [5.74, 6) is -0.886. The first-order valence-electron chi connectivity index (χ1n) is 7.46. The monoisotopic (exact) mass is 322 g/mol. The third kappa shape index (κ3) is 3.61. The molecule has 5 nitrogen and oxygen atoms in total. The average Bonchev–Trinajstić information content (AvgIpc) is 2.88. The van der Waals surface area contributed by atoms with Gasteiger partial charge in [0.15, 0.2) is 6.61 Å². The van der Waals surface area contributed by atoms with E-state index in [0.717, 1.165) is 11.4 Å². The van der Waals surface area contributed by atoms with Crippen LogP contribution >= 0.6 is 0 Å². The van der Waals surface area contributed by atoms with Crippen molar-refractivity contribution in [3.63, 3.8) is 0 Å². The molecule has 5 heteroatoms. The Morgan fingerprint density at radius 3 is 2.75 bits per heavy atom. The maximum atomic E-state index is 12.3. The van der Waals surface area contributed by atoms with Crippen LogP contribution in [-0.2, 0) is 11.3 Å². The first kappa shape index (κ1) is 17.2. The molecule has 0 amide bonds. The summed E-state index contributed by atoms with van der Waals surface area (Å²) in [7, 11) is 0. The van der Waals surface area contributed by atoms with Crippen molar-refractivity contribution in [3.05, 3.63) is 71.1 Å². The first-order chi connectivity index (χ1) is 11.5. The Morgan fingerprint density at radius 1 is 1.33 bits per heavy atom. The number of nitrogens with zero attached hydrogens (tertiary/aromatic N) is 2. The normalized spacial score (nSPS) is 10.0. The number of carbonyl (C=O) groups excluding carboxylic acids is 2. The minimum Gasteiger partial charge on any atom is -0.454 e. The summed E-state index contributed by atoms with van der Waals surface area (Å²) in [5.41, 5.74) is 2.92. The topological polar surface area (TPSA) is 72.1 Å². The maximum absolute atomic E-state index is 12.3. The van der Waals surface area contributed by atoms with Gasteiger partial charge in [0.1, 0.15) is 0 Å². The number of nitriles is 1. The predicted molar refractivity (Wildman–Crippen MR) is 89.9 cm³/mol. The van der Waals surface area contributed by atoms with Crippen molar-refractivity contribution in [2.45, 2.75) is 20.4 Å². The highest BCUT2D eigenvalue weighted by molar-refractivity contribution is 6.00. The zero-order chi connectivity index (χ0) is 17.7. The summed E-state index contributed by atoms with van der Waals surface area (Å²) in [5, 5.41) is 8.85. The van der Waals surface area contributed by atoms with Gasteiger partial charge in [0.05, 0.1) is 17.2 Å². The summed E-state index contributed by atoms with van der Waals surface area (Å²) < 4.78 is 7.05. The zero-order valence-electron chi connectivity index (χ0n) is 13.7. The molecule has 1 heterocycles. The molecule has 0 aliphatic heterocycles. The number of hydrogen-bond donors (Lipinski definition) is 0. The fourth-order valence-corrected chi connectivity index (χ4v) is 2.50. The summed E-state index contributed by atoms with van der Waals surface area (Å²) in [6, 6.07) is 9.91. The lowest BCUT2D eigenvalue weighted by molar-refractivity contribution is 0.0474. The molecule has 0 spiro atoms.